The zero-order chi connectivity index (χ0) is 71.4. The van der Waals surface area contributed by atoms with E-state index >= 15 is 0 Å². The molecule has 0 spiro atoms. The van der Waals surface area contributed by atoms with Gasteiger partial charge in [-0.3, -0.25) is 62.5 Å². The van der Waals surface area contributed by atoms with Gasteiger partial charge < -0.3 is 96.5 Å². The molecular weight excluding hydrogens is 1310 g/mol. The third kappa shape index (κ3) is 32.2. The summed E-state index contributed by atoms with van der Waals surface area (Å²) in [5.74, 6) is -11.8. The van der Waals surface area contributed by atoms with E-state index in [1.54, 1.807) is 44.2 Å². The molecule has 2 aliphatic rings. The molecule has 2 aliphatic heterocycles. The quantitative estimate of drug-likeness (QED) is 0.00927. The van der Waals surface area contributed by atoms with Gasteiger partial charge in [-0.15, -0.1) is 11.8 Å². The van der Waals surface area contributed by atoms with Gasteiger partial charge in [-0.05, 0) is 124 Å². The van der Waals surface area contributed by atoms with Gasteiger partial charge in [0.25, 0.3) is 0 Å². The van der Waals surface area contributed by atoms with Crippen LogP contribution >= 0.6 is 33.3 Å². The lowest BCUT2D eigenvalue weighted by atomic mass is 9.94. The van der Waals surface area contributed by atoms with E-state index in [2.05, 4.69) is 79.1 Å². The number of hydrogen-bond donors (Lipinski definition) is 18. The van der Waals surface area contributed by atoms with Crippen LogP contribution < -0.4 is 81.0 Å². The number of nitrogens with one attached hydrogen (secondary N) is 12. The van der Waals surface area contributed by atoms with E-state index in [1.165, 1.54) is 0 Å². The average molecular weight is 1410 g/mol. The normalized spacial score (nSPS) is 21.7. The van der Waals surface area contributed by atoms with E-state index in [0.29, 0.717) is 49.5 Å². The van der Waals surface area contributed by atoms with Crippen molar-refractivity contribution in [2.75, 3.05) is 62.3 Å². The number of oxime groups is 2. The maximum atomic E-state index is 14.5. The summed E-state index contributed by atoms with van der Waals surface area (Å²) in [4.78, 5) is 167. The summed E-state index contributed by atoms with van der Waals surface area (Å²) in [5.41, 5.74) is 17.3. The van der Waals surface area contributed by atoms with Crippen molar-refractivity contribution < 1.29 is 73.1 Å². The summed E-state index contributed by atoms with van der Waals surface area (Å²) in [5, 5.41) is 67.9. The second-order valence-electron chi connectivity index (χ2n) is 24.2. The molecule has 0 aromatic heterocycles. The Balaban J connectivity index is 1.85. The Bertz CT molecular complexity index is 2850. The van der Waals surface area contributed by atoms with E-state index in [1.807, 2.05) is 27.7 Å². The maximum Gasteiger partial charge on any atom is 0.305 e. The number of carboxylic acids is 1. The number of carboxylic acid groups (broad SMARTS) is 1. The highest BCUT2D eigenvalue weighted by Gasteiger charge is 2.35. The maximum absolute atomic E-state index is 14.5. The Hall–Kier alpha value is -7.96. The molecule has 0 aliphatic carbocycles. The molecule has 2 fully saturated rings. The largest absolute Gasteiger partial charge is 0.481 e. The molecule has 1 aromatic carbocycles. The number of amides is 11. The first kappa shape index (κ1) is 82.3. The molecule has 0 unspecified atom stereocenters. The first-order valence-electron chi connectivity index (χ1n) is 31.7. The molecule has 21 N–H and O–H groups in total. The number of unbranched alkanes of at least 4 members (excludes halogenated alkanes) is 1. The van der Waals surface area contributed by atoms with E-state index in [0.717, 1.165) is 46.2 Å². The lowest BCUT2D eigenvalue weighted by Gasteiger charge is -2.28. The molecule has 0 radical (unpaired) electrons. The summed E-state index contributed by atoms with van der Waals surface area (Å²) >= 11 is 0.872. The van der Waals surface area contributed by atoms with Crippen molar-refractivity contribution in [1.29, 1.82) is 0 Å². The Kier molecular flexibility index (Phi) is 37.1. The van der Waals surface area contributed by atoms with Crippen molar-refractivity contribution in [2.45, 2.75) is 178 Å². The minimum atomic E-state index is -1.81. The summed E-state index contributed by atoms with van der Waals surface area (Å²) in [7, 11) is 1.83. The molecule has 0 saturated carbocycles. The number of benzene rings is 1. The number of hydrogen-bond acceptors (Lipinski definition) is 22. The highest BCUT2D eigenvalue weighted by Crippen LogP contribution is 2.24. The summed E-state index contributed by atoms with van der Waals surface area (Å²) in [6, 6.07) is -2.06. The van der Waals surface area contributed by atoms with Crippen LogP contribution in [0.3, 0.4) is 0 Å². The van der Waals surface area contributed by atoms with Crippen molar-refractivity contribution in [3.05, 3.63) is 35.9 Å². The number of aliphatic imine (C=N–C) groups is 1. The molecule has 33 nitrogen and oxygen atoms in total. The van der Waals surface area contributed by atoms with E-state index in [9.17, 15) is 73.1 Å². The van der Waals surface area contributed by atoms with E-state index in [-0.39, 0.29) is 111 Å². The summed E-state index contributed by atoms with van der Waals surface area (Å²) in [6.45, 7) is 12.0. The Labute approximate surface area is 570 Å². The topological polar surface area (TPSA) is 525 Å². The number of aliphatic carboxylic acids is 1. The van der Waals surface area contributed by atoms with Gasteiger partial charge in [0.05, 0.1) is 41.2 Å². The number of fused-ring (bicyclic) bond motifs is 5. The second kappa shape index (κ2) is 43.3. The van der Waals surface area contributed by atoms with Crippen LogP contribution in [-0.4, -0.2) is 220 Å². The third-order valence-corrected chi connectivity index (χ3v) is 19.3. The molecule has 36 heteroatoms. The average Bonchev–Trinajstić information content (AvgIpc) is 1.20. The molecule has 11 amide bonds. The smallest absolute Gasteiger partial charge is 0.305 e. The van der Waals surface area contributed by atoms with Gasteiger partial charge in [0.2, 0.25) is 65.0 Å². The SMILES string of the molecule is C/C(=N/O)C(C)(C)NCCC(CCNC(=O)CCCC(=O)NCCCC[C@@H]1NC(=O)CSC[C@@H](C(N)=O)NC(=O)[C@H](Cc2ccccc2)NC(=O)[C@@H]2CSSC[C@H](NC1=O)C(=O)N[C@@H](CCCN=C(N)N)C(=O)NCC(=O)N[C@@H](CC(=O)O)C(=O)N2)CCNC(C)(C)/C(C)=N\O. The van der Waals surface area contributed by atoms with Crippen molar-refractivity contribution in [3.8, 4) is 0 Å². The number of rotatable bonds is 31. The first-order valence-corrected chi connectivity index (χ1v) is 35.3. The fourth-order valence-corrected chi connectivity index (χ4v) is 12.7. The highest BCUT2D eigenvalue weighted by atomic mass is 33.1. The Morgan fingerprint density at radius 3 is 1.66 bits per heavy atom. The molecule has 2 heterocycles. The third-order valence-electron chi connectivity index (χ3n) is 15.9. The summed E-state index contributed by atoms with van der Waals surface area (Å²) < 4.78 is 0. The zero-order valence-electron chi connectivity index (χ0n) is 55.3. The number of guanidine groups is 1. The highest BCUT2D eigenvalue weighted by molar-refractivity contribution is 8.76. The fraction of sp³-hybridized carbons (Fsp3) is 0.650. The predicted octanol–water partition coefficient (Wildman–Crippen LogP) is -2.31. The predicted molar refractivity (Wildman–Crippen MR) is 365 cm³/mol. The number of carbonyl (C=O) groups excluding carboxylic acids is 11. The molecule has 2 saturated heterocycles. The minimum Gasteiger partial charge on any atom is -0.481 e. The number of nitrogens with two attached hydrogens (primary N) is 3. The number of nitrogens with zero attached hydrogens (tertiary/aromatic N) is 3. The van der Waals surface area contributed by atoms with Crippen LogP contribution in [0.1, 0.15) is 124 Å². The van der Waals surface area contributed by atoms with Crippen LogP contribution in [0.25, 0.3) is 0 Å². The first-order chi connectivity index (χ1) is 45.4. The lowest BCUT2D eigenvalue weighted by Crippen LogP contribution is -2.59. The van der Waals surface area contributed by atoms with Gasteiger partial charge in [-0.2, -0.15) is 0 Å². The zero-order valence-corrected chi connectivity index (χ0v) is 57.8. The van der Waals surface area contributed by atoms with Gasteiger partial charge in [-0.1, -0.05) is 62.2 Å². The molecular formula is C60H98N18O15S3. The minimum absolute atomic E-state index is 0.00816. The monoisotopic (exact) mass is 1410 g/mol. The second-order valence-corrected chi connectivity index (χ2v) is 27.8. The van der Waals surface area contributed by atoms with Gasteiger partial charge >= 0.3 is 5.97 Å². The molecule has 96 heavy (non-hydrogen) atoms. The molecule has 3 rings (SSSR count). The van der Waals surface area contributed by atoms with Gasteiger partial charge in [0, 0.05) is 56.2 Å². The van der Waals surface area contributed by atoms with E-state index in [4.69, 9.17) is 17.2 Å². The number of primary amides is 1. The van der Waals surface area contributed by atoms with E-state index < -0.39 is 125 Å². The molecule has 2 bridgehead atoms. The van der Waals surface area contributed by atoms with Crippen molar-refractivity contribution >= 4 is 122 Å². The number of thioether (sulfide) groups is 1. The molecule has 536 valence electrons. The van der Waals surface area contributed by atoms with Crippen molar-refractivity contribution in [1.82, 2.24) is 63.8 Å². The fourth-order valence-electron chi connectivity index (χ4n) is 9.50. The Morgan fingerprint density at radius 2 is 1.10 bits per heavy atom. The van der Waals surface area contributed by atoms with Gasteiger partial charge in [0.1, 0.15) is 42.3 Å². The number of carbonyl (C=O) groups is 12. The van der Waals surface area contributed by atoms with Crippen LogP contribution in [-0.2, 0) is 64.0 Å². The van der Waals surface area contributed by atoms with Crippen LogP contribution in [0, 0.1) is 5.92 Å². The van der Waals surface area contributed by atoms with Crippen LogP contribution in [0.2, 0.25) is 0 Å². The van der Waals surface area contributed by atoms with Crippen molar-refractivity contribution in [3.63, 3.8) is 0 Å². The van der Waals surface area contributed by atoms with Crippen molar-refractivity contribution in [2.24, 2.45) is 38.4 Å². The summed E-state index contributed by atoms with van der Waals surface area (Å²) in [6.07, 6.45) is 1.86. The lowest BCUT2D eigenvalue weighted by molar-refractivity contribution is -0.141. The standard InChI is InChI=1S/C60H98N18O15S3/c1-35(77-92)59(3,4)68-26-21-37(22-27-69-60(5,6)36(2)78-93)20-25-65-47(80)19-12-18-46(79)64-23-11-10-16-40-53(87)75-44-32-95-96-33-45(57(91)73-41(28-38-14-8-7-9-15-38)54(88)74-43(51(61)85)31-94-34-49(82)70-40)76-55(89)42(29-50(83)84)71-48(81)30-67-52(86)39(72-56(44)90)17-13-24-66-58(62)63/h7-9,14-15,37,39-45,68-69,92-93H,10-13,16-34H2,1-6H3,(H2,61,85)(H,64,79)(H,65,80)(H,67,86)(H,70,82)(H,71,81)(H,72,90)(H,73,91)(H,74,88)(H,75,87)(H,76,89)(H,83,84)(H4,62,63,66)/b77-35-,78-36-/t39-,40-,41-,42-,43-,44-,45-/m0/s1. The Morgan fingerprint density at radius 1 is 0.594 bits per heavy atom. The van der Waals surface area contributed by atoms with Crippen LogP contribution in [0.15, 0.2) is 45.6 Å². The van der Waals surface area contributed by atoms with Crippen LogP contribution in [0.4, 0.5) is 0 Å². The van der Waals surface area contributed by atoms with Crippen LogP contribution in [0.5, 0.6) is 0 Å². The molecule has 1 aromatic rings. The van der Waals surface area contributed by atoms with Gasteiger partial charge in [-0.25, -0.2) is 0 Å². The molecule has 7 atom stereocenters. The van der Waals surface area contributed by atoms with Gasteiger partial charge in [0.15, 0.2) is 5.96 Å².